The fraction of sp³-hybridized carbons (Fsp3) is 0.467. The first-order valence-electron chi connectivity index (χ1n) is 6.83. The third kappa shape index (κ3) is 4.52. The van der Waals surface area contributed by atoms with Crippen LogP contribution in [-0.2, 0) is 16.1 Å². The second-order valence-electron chi connectivity index (χ2n) is 5.10. The molecule has 0 aromatic heterocycles. The summed E-state index contributed by atoms with van der Waals surface area (Å²) in [6.07, 6.45) is 1.44. The lowest BCUT2D eigenvalue weighted by atomic mass is 10.1. The molecule has 1 aliphatic heterocycles. The maximum absolute atomic E-state index is 13.8. The summed E-state index contributed by atoms with van der Waals surface area (Å²) in [5.74, 6) is -1.32. The Morgan fingerprint density at radius 2 is 2.19 bits per heavy atom. The predicted molar refractivity (Wildman–Crippen MR) is 73.0 cm³/mol. The van der Waals surface area contributed by atoms with E-state index in [0.29, 0.717) is 17.7 Å². The maximum Gasteiger partial charge on any atom is 0.329 e. The van der Waals surface area contributed by atoms with Crippen LogP contribution in [0.1, 0.15) is 24.0 Å². The molecule has 1 aliphatic rings. The van der Waals surface area contributed by atoms with Gasteiger partial charge in [0.15, 0.2) is 0 Å². The summed E-state index contributed by atoms with van der Waals surface area (Å²) in [6.45, 7) is 1.70. The topological polar surface area (TPSA) is 73.6 Å². The van der Waals surface area contributed by atoms with Crippen LogP contribution in [0.5, 0.6) is 0 Å². The Hall–Kier alpha value is -1.97. The second-order valence-corrected chi connectivity index (χ2v) is 5.10. The highest BCUT2D eigenvalue weighted by atomic mass is 19.1. The molecule has 0 bridgehead atoms. The fourth-order valence-corrected chi connectivity index (χ4v) is 2.41. The molecule has 1 aromatic carbocycles. The molecule has 1 aromatic rings. The molecule has 1 fully saturated rings. The fourth-order valence-electron chi connectivity index (χ4n) is 2.41. The number of halogens is 1. The lowest BCUT2D eigenvalue weighted by Gasteiger charge is -2.31. The summed E-state index contributed by atoms with van der Waals surface area (Å²) in [7, 11) is 0. The van der Waals surface area contributed by atoms with Crippen molar-refractivity contribution in [1.82, 2.24) is 4.90 Å². The van der Waals surface area contributed by atoms with E-state index in [2.05, 4.69) is 4.90 Å². The van der Waals surface area contributed by atoms with Crippen LogP contribution in [0.4, 0.5) is 4.39 Å². The first-order chi connectivity index (χ1) is 10.1. The first-order valence-corrected chi connectivity index (χ1v) is 6.83. The van der Waals surface area contributed by atoms with Crippen LogP contribution in [0, 0.1) is 17.1 Å². The van der Waals surface area contributed by atoms with Gasteiger partial charge in [-0.1, -0.05) is 6.07 Å². The van der Waals surface area contributed by atoms with Gasteiger partial charge in [0.1, 0.15) is 12.4 Å². The molecule has 5 nitrogen and oxygen atoms in total. The Morgan fingerprint density at radius 3 is 2.76 bits per heavy atom. The minimum absolute atomic E-state index is 0.0387. The van der Waals surface area contributed by atoms with Crippen LogP contribution in [0.15, 0.2) is 18.2 Å². The number of carbonyl (C=O) groups is 1. The van der Waals surface area contributed by atoms with E-state index in [4.69, 9.17) is 15.1 Å². The molecule has 21 heavy (non-hydrogen) atoms. The molecule has 0 spiro atoms. The van der Waals surface area contributed by atoms with Crippen LogP contribution < -0.4 is 0 Å². The molecule has 1 heterocycles. The molecular formula is C15H17FN2O3. The van der Waals surface area contributed by atoms with Gasteiger partial charge in [0, 0.05) is 25.2 Å². The monoisotopic (exact) mass is 292 g/mol. The SMILES string of the molecule is N#Cc1ccc(CN2CCC(OCC(=O)O)CC2)c(F)c1. The van der Waals surface area contributed by atoms with Crippen molar-refractivity contribution in [1.29, 1.82) is 5.26 Å². The van der Waals surface area contributed by atoms with Crippen molar-refractivity contribution in [3.05, 3.63) is 35.1 Å². The minimum Gasteiger partial charge on any atom is -0.480 e. The van der Waals surface area contributed by atoms with Gasteiger partial charge >= 0.3 is 5.97 Å². The zero-order valence-electron chi connectivity index (χ0n) is 11.6. The lowest BCUT2D eigenvalue weighted by molar-refractivity contribution is -0.145. The van der Waals surface area contributed by atoms with Crippen LogP contribution >= 0.6 is 0 Å². The number of piperidine rings is 1. The number of hydrogen-bond donors (Lipinski definition) is 1. The van der Waals surface area contributed by atoms with Crippen LogP contribution in [0.2, 0.25) is 0 Å². The lowest BCUT2D eigenvalue weighted by Crippen LogP contribution is -2.37. The number of benzene rings is 1. The number of aliphatic carboxylic acids is 1. The molecule has 0 unspecified atom stereocenters. The zero-order valence-corrected chi connectivity index (χ0v) is 11.6. The van der Waals surface area contributed by atoms with Crippen molar-refractivity contribution >= 4 is 5.97 Å². The summed E-state index contributed by atoms with van der Waals surface area (Å²) in [6, 6.07) is 6.41. The molecule has 2 rings (SSSR count). The van der Waals surface area contributed by atoms with Crippen molar-refractivity contribution in [2.45, 2.75) is 25.5 Å². The third-order valence-corrected chi connectivity index (χ3v) is 3.55. The van der Waals surface area contributed by atoms with Gasteiger partial charge in [-0.05, 0) is 25.0 Å². The number of carboxylic acid groups (broad SMARTS) is 1. The molecule has 1 N–H and O–H groups in total. The average Bonchev–Trinajstić information content (AvgIpc) is 2.48. The van der Waals surface area contributed by atoms with E-state index < -0.39 is 5.97 Å². The van der Waals surface area contributed by atoms with Gasteiger partial charge in [0.05, 0.1) is 17.7 Å². The highest BCUT2D eigenvalue weighted by Gasteiger charge is 2.21. The van der Waals surface area contributed by atoms with Crippen molar-refractivity contribution in [2.24, 2.45) is 0 Å². The van der Waals surface area contributed by atoms with Gasteiger partial charge in [-0.3, -0.25) is 4.90 Å². The molecule has 0 radical (unpaired) electrons. The molecule has 6 heteroatoms. The summed E-state index contributed by atoms with van der Waals surface area (Å²) < 4.78 is 19.1. The van der Waals surface area contributed by atoms with E-state index in [9.17, 15) is 9.18 Å². The van der Waals surface area contributed by atoms with Crippen molar-refractivity contribution in [3.8, 4) is 6.07 Å². The normalized spacial score (nSPS) is 16.6. The molecule has 0 aliphatic carbocycles. The number of carboxylic acids is 1. The predicted octanol–water partition coefficient (Wildman–Crippen LogP) is 1.76. The van der Waals surface area contributed by atoms with Crippen LogP contribution in [0.3, 0.4) is 0 Å². The Morgan fingerprint density at radius 1 is 1.48 bits per heavy atom. The van der Waals surface area contributed by atoms with Crippen LogP contribution in [-0.4, -0.2) is 41.8 Å². The van der Waals surface area contributed by atoms with Crippen molar-refractivity contribution in [3.63, 3.8) is 0 Å². The summed E-state index contributed by atoms with van der Waals surface area (Å²) in [5.41, 5.74) is 0.885. The largest absolute Gasteiger partial charge is 0.480 e. The Balaban J connectivity index is 1.83. The van der Waals surface area contributed by atoms with Gasteiger partial charge in [-0.2, -0.15) is 5.26 Å². The molecule has 1 saturated heterocycles. The van der Waals surface area contributed by atoms with Gasteiger partial charge in [-0.25, -0.2) is 9.18 Å². The van der Waals surface area contributed by atoms with E-state index in [1.165, 1.54) is 6.07 Å². The number of rotatable bonds is 5. The molecule has 0 amide bonds. The van der Waals surface area contributed by atoms with Crippen molar-refractivity contribution < 1.29 is 19.0 Å². The minimum atomic E-state index is -0.961. The van der Waals surface area contributed by atoms with E-state index >= 15 is 0 Å². The third-order valence-electron chi connectivity index (χ3n) is 3.55. The number of ether oxygens (including phenoxy) is 1. The quantitative estimate of drug-likeness (QED) is 0.895. The first kappa shape index (κ1) is 15.4. The molecule has 0 saturated carbocycles. The number of hydrogen-bond acceptors (Lipinski definition) is 4. The maximum atomic E-state index is 13.8. The highest BCUT2D eigenvalue weighted by molar-refractivity contribution is 5.68. The Labute approximate surface area is 122 Å². The van der Waals surface area contributed by atoms with Crippen molar-refractivity contribution in [2.75, 3.05) is 19.7 Å². The Bertz CT molecular complexity index is 548. The molecule has 112 valence electrons. The van der Waals surface area contributed by atoms with E-state index in [-0.39, 0.29) is 18.5 Å². The zero-order chi connectivity index (χ0) is 15.2. The number of likely N-dealkylation sites (tertiary alicyclic amines) is 1. The average molecular weight is 292 g/mol. The van der Waals surface area contributed by atoms with Gasteiger partial charge in [-0.15, -0.1) is 0 Å². The van der Waals surface area contributed by atoms with Crippen LogP contribution in [0.25, 0.3) is 0 Å². The summed E-state index contributed by atoms with van der Waals surface area (Å²) >= 11 is 0. The van der Waals surface area contributed by atoms with E-state index in [1.807, 2.05) is 6.07 Å². The second kappa shape index (κ2) is 7.16. The summed E-state index contributed by atoms with van der Waals surface area (Å²) in [4.78, 5) is 12.5. The van der Waals surface area contributed by atoms with Gasteiger partial charge in [0.25, 0.3) is 0 Å². The van der Waals surface area contributed by atoms with Gasteiger partial charge < -0.3 is 9.84 Å². The Kier molecular flexibility index (Phi) is 5.26. The number of nitrogens with zero attached hydrogens (tertiary/aromatic N) is 2. The standard InChI is InChI=1S/C15H17FN2O3/c16-14-7-11(8-17)1-2-12(14)9-18-5-3-13(4-6-18)21-10-15(19)20/h1-2,7,13H,3-6,9-10H2,(H,19,20). The van der Waals surface area contributed by atoms with Gasteiger partial charge in [0.2, 0.25) is 0 Å². The smallest absolute Gasteiger partial charge is 0.329 e. The highest BCUT2D eigenvalue weighted by Crippen LogP contribution is 2.18. The van der Waals surface area contributed by atoms with E-state index in [0.717, 1.165) is 25.9 Å². The number of nitriles is 1. The molecular weight excluding hydrogens is 275 g/mol. The summed E-state index contributed by atoms with van der Waals surface area (Å²) in [5, 5.41) is 17.3. The molecule has 0 atom stereocenters. The van der Waals surface area contributed by atoms with E-state index in [1.54, 1.807) is 12.1 Å².